The number of nitrogens with zero attached hydrogens (tertiary/aromatic N) is 1. The summed E-state index contributed by atoms with van der Waals surface area (Å²) in [4.78, 5) is 2.44. The molecule has 2 N–H and O–H groups in total. The molecule has 2 aromatic carbocycles. The second-order valence-electron chi connectivity index (χ2n) is 5.71. The molecular formula is C18H22N2O. The Morgan fingerprint density at radius 1 is 1.00 bits per heavy atom. The molecule has 3 nitrogen and oxygen atoms in total. The zero-order valence-electron chi connectivity index (χ0n) is 12.6. The minimum Gasteiger partial charge on any atom is -0.497 e. The second kappa shape index (κ2) is 5.88. The van der Waals surface area contributed by atoms with E-state index >= 15 is 0 Å². The van der Waals surface area contributed by atoms with Crippen LogP contribution in [-0.2, 0) is 13.1 Å². The number of ether oxygens (including phenoxy) is 1. The predicted octanol–water partition coefficient (Wildman–Crippen LogP) is 3.10. The van der Waals surface area contributed by atoms with E-state index in [2.05, 4.69) is 48.2 Å². The van der Waals surface area contributed by atoms with Crippen LogP contribution in [0, 0.1) is 0 Å². The summed E-state index contributed by atoms with van der Waals surface area (Å²) in [5.74, 6) is 0.868. The third-order valence-electron chi connectivity index (χ3n) is 4.46. The Morgan fingerprint density at radius 3 is 2.10 bits per heavy atom. The highest BCUT2D eigenvalue weighted by atomic mass is 16.5. The van der Waals surface area contributed by atoms with E-state index in [0.29, 0.717) is 6.04 Å². The van der Waals surface area contributed by atoms with E-state index in [1.165, 1.54) is 11.1 Å². The molecule has 0 spiro atoms. The first-order chi connectivity index (χ1) is 10.2. The van der Waals surface area contributed by atoms with Crippen molar-refractivity contribution >= 4 is 0 Å². The molecule has 3 rings (SSSR count). The van der Waals surface area contributed by atoms with E-state index in [1.54, 1.807) is 7.11 Å². The first kappa shape index (κ1) is 14.1. The molecule has 2 atom stereocenters. The maximum atomic E-state index is 6.46. The fraction of sp³-hybridized carbons (Fsp3) is 0.333. The first-order valence-corrected chi connectivity index (χ1v) is 7.39. The van der Waals surface area contributed by atoms with Crippen LogP contribution >= 0.6 is 0 Å². The number of nitrogens with two attached hydrogens (primary N) is 1. The molecule has 0 aromatic heterocycles. The third kappa shape index (κ3) is 2.80. The molecule has 2 unspecified atom stereocenters. The topological polar surface area (TPSA) is 38.5 Å². The average Bonchev–Trinajstić information content (AvgIpc) is 2.97. The summed E-state index contributed by atoms with van der Waals surface area (Å²) in [5.41, 5.74) is 10.5. The molecule has 21 heavy (non-hydrogen) atoms. The molecule has 1 heterocycles. The molecule has 0 fully saturated rings. The van der Waals surface area contributed by atoms with E-state index in [4.69, 9.17) is 10.5 Å². The van der Waals surface area contributed by atoms with Gasteiger partial charge in [0.1, 0.15) is 5.75 Å². The molecule has 0 aliphatic carbocycles. The third-order valence-corrected chi connectivity index (χ3v) is 4.46. The largest absolute Gasteiger partial charge is 0.497 e. The van der Waals surface area contributed by atoms with Crippen LogP contribution in [0.5, 0.6) is 5.75 Å². The smallest absolute Gasteiger partial charge is 0.118 e. The number of hydrogen-bond donors (Lipinski definition) is 1. The molecule has 1 aliphatic heterocycles. The summed E-state index contributed by atoms with van der Waals surface area (Å²) in [6.07, 6.45) is 0. The van der Waals surface area contributed by atoms with Crippen molar-refractivity contribution in [2.75, 3.05) is 7.11 Å². The van der Waals surface area contributed by atoms with E-state index < -0.39 is 0 Å². The van der Waals surface area contributed by atoms with E-state index in [-0.39, 0.29) is 6.04 Å². The van der Waals surface area contributed by atoms with Gasteiger partial charge in [-0.3, -0.25) is 4.90 Å². The van der Waals surface area contributed by atoms with Crippen LogP contribution in [0.25, 0.3) is 0 Å². The summed E-state index contributed by atoms with van der Waals surface area (Å²) in [7, 11) is 1.68. The van der Waals surface area contributed by atoms with Crippen molar-refractivity contribution in [2.24, 2.45) is 5.73 Å². The van der Waals surface area contributed by atoms with Crippen molar-refractivity contribution in [2.45, 2.75) is 32.1 Å². The normalized spacial score (nSPS) is 17.3. The molecule has 3 heteroatoms. The Hall–Kier alpha value is -1.84. The number of methoxy groups -OCH3 is 1. The van der Waals surface area contributed by atoms with Crippen LogP contribution in [0.1, 0.15) is 29.7 Å². The molecule has 2 aromatic rings. The first-order valence-electron chi connectivity index (χ1n) is 7.39. The molecular weight excluding hydrogens is 260 g/mol. The Bertz CT molecular complexity index is 584. The lowest BCUT2D eigenvalue weighted by Gasteiger charge is -2.29. The highest BCUT2D eigenvalue weighted by Crippen LogP contribution is 2.29. The van der Waals surface area contributed by atoms with E-state index in [0.717, 1.165) is 24.4 Å². The van der Waals surface area contributed by atoms with Gasteiger partial charge in [0.15, 0.2) is 0 Å². The summed E-state index contributed by atoms with van der Waals surface area (Å²) < 4.78 is 5.20. The number of fused-ring (bicyclic) bond motifs is 1. The van der Waals surface area contributed by atoms with Crippen LogP contribution in [-0.4, -0.2) is 18.1 Å². The van der Waals surface area contributed by atoms with Gasteiger partial charge in [0.25, 0.3) is 0 Å². The van der Waals surface area contributed by atoms with Crippen molar-refractivity contribution in [3.8, 4) is 5.75 Å². The summed E-state index contributed by atoms with van der Waals surface area (Å²) >= 11 is 0. The molecule has 1 aliphatic rings. The lowest BCUT2D eigenvalue weighted by molar-refractivity contribution is 0.186. The highest BCUT2D eigenvalue weighted by molar-refractivity contribution is 5.32. The summed E-state index contributed by atoms with van der Waals surface area (Å²) in [6.45, 7) is 4.18. The molecule has 0 amide bonds. The summed E-state index contributed by atoms with van der Waals surface area (Å²) in [6, 6.07) is 17.0. The maximum absolute atomic E-state index is 6.46. The Kier molecular flexibility index (Phi) is 3.95. The van der Waals surface area contributed by atoms with Crippen LogP contribution in [0.2, 0.25) is 0 Å². The Labute approximate surface area is 126 Å². The van der Waals surface area contributed by atoms with Crippen LogP contribution in [0.15, 0.2) is 48.5 Å². The second-order valence-corrected chi connectivity index (χ2v) is 5.71. The standard InChI is InChI=1S/C18H22N2O/c1-13(18(19)14-7-9-17(21-2)10-8-14)20-11-15-5-3-4-6-16(15)12-20/h3-10,13,18H,11-12,19H2,1-2H3. The van der Waals surface area contributed by atoms with Gasteiger partial charge >= 0.3 is 0 Å². The monoisotopic (exact) mass is 282 g/mol. The average molecular weight is 282 g/mol. The fourth-order valence-corrected chi connectivity index (χ4v) is 2.98. The predicted molar refractivity (Wildman–Crippen MR) is 85.1 cm³/mol. The SMILES string of the molecule is COc1ccc(C(N)C(C)N2Cc3ccccc3C2)cc1. The zero-order valence-corrected chi connectivity index (χ0v) is 12.6. The van der Waals surface area contributed by atoms with Crippen molar-refractivity contribution in [3.63, 3.8) is 0 Å². The maximum Gasteiger partial charge on any atom is 0.118 e. The van der Waals surface area contributed by atoms with Gasteiger partial charge in [-0.15, -0.1) is 0 Å². The van der Waals surface area contributed by atoms with Crippen molar-refractivity contribution in [1.29, 1.82) is 0 Å². The van der Waals surface area contributed by atoms with Crippen molar-refractivity contribution in [1.82, 2.24) is 4.90 Å². The quantitative estimate of drug-likeness (QED) is 0.936. The Balaban J connectivity index is 1.72. The van der Waals surface area contributed by atoms with Crippen LogP contribution in [0.4, 0.5) is 0 Å². The lowest BCUT2D eigenvalue weighted by Crippen LogP contribution is -2.37. The van der Waals surface area contributed by atoms with E-state index in [9.17, 15) is 0 Å². The van der Waals surface area contributed by atoms with Crippen LogP contribution in [0.3, 0.4) is 0 Å². The molecule has 0 radical (unpaired) electrons. The summed E-state index contributed by atoms with van der Waals surface area (Å²) in [5, 5.41) is 0. The number of benzene rings is 2. The van der Waals surface area contributed by atoms with Crippen molar-refractivity contribution in [3.05, 3.63) is 65.2 Å². The van der Waals surface area contributed by atoms with Crippen molar-refractivity contribution < 1.29 is 4.74 Å². The highest BCUT2D eigenvalue weighted by Gasteiger charge is 2.27. The molecule has 0 bridgehead atoms. The van der Waals surface area contributed by atoms with Gasteiger partial charge in [-0.2, -0.15) is 0 Å². The Morgan fingerprint density at radius 2 is 1.57 bits per heavy atom. The minimum absolute atomic E-state index is 0.00483. The van der Waals surface area contributed by atoms with E-state index in [1.807, 2.05) is 12.1 Å². The lowest BCUT2D eigenvalue weighted by atomic mass is 10.0. The molecule has 0 saturated carbocycles. The van der Waals surface area contributed by atoms with Gasteiger partial charge in [0.05, 0.1) is 7.11 Å². The van der Waals surface area contributed by atoms with Gasteiger partial charge in [0, 0.05) is 25.2 Å². The zero-order chi connectivity index (χ0) is 14.8. The number of hydrogen-bond acceptors (Lipinski definition) is 3. The van der Waals surface area contributed by atoms with Gasteiger partial charge in [0.2, 0.25) is 0 Å². The fourth-order valence-electron chi connectivity index (χ4n) is 2.98. The van der Waals surface area contributed by atoms with Gasteiger partial charge < -0.3 is 10.5 Å². The van der Waals surface area contributed by atoms with Gasteiger partial charge in [-0.05, 0) is 35.7 Å². The van der Waals surface area contributed by atoms with Crippen LogP contribution < -0.4 is 10.5 Å². The molecule has 0 saturated heterocycles. The minimum atomic E-state index is 0.00483. The molecule has 110 valence electrons. The van der Waals surface area contributed by atoms with Gasteiger partial charge in [-0.25, -0.2) is 0 Å². The number of rotatable bonds is 4. The van der Waals surface area contributed by atoms with Gasteiger partial charge in [-0.1, -0.05) is 36.4 Å².